The fourth-order valence-corrected chi connectivity index (χ4v) is 1.94. The Morgan fingerprint density at radius 2 is 2.20 bits per heavy atom. The van der Waals surface area contributed by atoms with Crippen molar-refractivity contribution in [2.45, 2.75) is 13.0 Å². The number of carbonyl (C=O) groups excluding carboxylic acids is 1. The smallest absolute Gasteiger partial charge is 0.254 e. The third-order valence-electron chi connectivity index (χ3n) is 2.75. The van der Waals surface area contributed by atoms with E-state index in [1.54, 1.807) is 0 Å². The highest BCUT2D eigenvalue weighted by atomic mass is 16.2. The van der Waals surface area contributed by atoms with Crippen LogP contribution in [0.25, 0.3) is 0 Å². The molecule has 0 saturated heterocycles. The molecule has 80 valence electrons. The lowest BCUT2D eigenvalue weighted by molar-refractivity contribution is 0.0777. The van der Waals surface area contributed by atoms with Gasteiger partial charge in [-0.1, -0.05) is 18.2 Å². The van der Waals surface area contributed by atoms with Crippen LogP contribution in [0.15, 0.2) is 24.3 Å². The third-order valence-corrected chi connectivity index (χ3v) is 2.75. The van der Waals surface area contributed by atoms with Crippen LogP contribution < -0.4 is 5.32 Å². The van der Waals surface area contributed by atoms with Gasteiger partial charge in [0, 0.05) is 18.7 Å². The van der Waals surface area contributed by atoms with E-state index in [0.29, 0.717) is 0 Å². The fraction of sp³-hybridized carbons (Fsp3) is 0.417. The summed E-state index contributed by atoms with van der Waals surface area (Å²) in [4.78, 5) is 13.8. The van der Waals surface area contributed by atoms with Crippen LogP contribution in [-0.2, 0) is 6.54 Å². The summed E-state index contributed by atoms with van der Waals surface area (Å²) < 4.78 is 0. The largest absolute Gasteiger partial charge is 0.334 e. The molecule has 0 atom stereocenters. The van der Waals surface area contributed by atoms with Gasteiger partial charge >= 0.3 is 0 Å². The van der Waals surface area contributed by atoms with Crippen molar-refractivity contribution in [3.05, 3.63) is 35.4 Å². The Bertz CT molecular complexity index is 362. The molecule has 0 saturated carbocycles. The number of carbonyl (C=O) groups is 1. The number of benzene rings is 1. The number of amides is 1. The third kappa shape index (κ3) is 2.02. The van der Waals surface area contributed by atoms with E-state index in [-0.39, 0.29) is 5.91 Å². The molecule has 2 rings (SSSR count). The number of rotatable bonds is 4. The maximum absolute atomic E-state index is 11.9. The summed E-state index contributed by atoms with van der Waals surface area (Å²) in [5, 5.41) is 3.09. The lowest BCUT2D eigenvalue weighted by atomic mass is 10.1. The van der Waals surface area contributed by atoms with Gasteiger partial charge < -0.3 is 10.2 Å². The molecule has 0 fully saturated rings. The molecule has 0 aliphatic carbocycles. The summed E-state index contributed by atoms with van der Waals surface area (Å²) in [6.07, 6.45) is 1.01. The fourth-order valence-electron chi connectivity index (χ4n) is 1.94. The zero-order valence-electron chi connectivity index (χ0n) is 8.99. The van der Waals surface area contributed by atoms with Crippen LogP contribution in [0.1, 0.15) is 22.3 Å². The van der Waals surface area contributed by atoms with Gasteiger partial charge in [0.15, 0.2) is 0 Å². The van der Waals surface area contributed by atoms with E-state index < -0.39 is 0 Å². The van der Waals surface area contributed by atoms with Crippen LogP contribution >= 0.6 is 0 Å². The van der Waals surface area contributed by atoms with E-state index in [0.717, 1.165) is 37.2 Å². The quantitative estimate of drug-likeness (QED) is 0.749. The maximum Gasteiger partial charge on any atom is 0.254 e. The zero-order chi connectivity index (χ0) is 10.7. The molecule has 1 N–H and O–H groups in total. The van der Waals surface area contributed by atoms with Gasteiger partial charge in [0.2, 0.25) is 0 Å². The van der Waals surface area contributed by atoms with Crippen LogP contribution in [0.4, 0.5) is 0 Å². The van der Waals surface area contributed by atoms with Crippen molar-refractivity contribution in [3.8, 4) is 0 Å². The Balaban J connectivity index is 2.01. The van der Waals surface area contributed by atoms with Gasteiger partial charge in [0.05, 0.1) is 0 Å². The van der Waals surface area contributed by atoms with Crippen molar-refractivity contribution in [2.75, 3.05) is 20.1 Å². The number of nitrogens with one attached hydrogen (secondary N) is 1. The van der Waals surface area contributed by atoms with Crippen molar-refractivity contribution < 1.29 is 4.79 Å². The summed E-state index contributed by atoms with van der Waals surface area (Å²) in [6.45, 7) is 2.58. The molecule has 0 aromatic heterocycles. The van der Waals surface area contributed by atoms with E-state index in [9.17, 15) is 4.79 Å². The highest BCUT2D eigenvalue weighted by Gasteiger charge is 2.25. The van der Waals surface area contributed by atoms with Gasteiger partial charge in [-0.3, -0.25) is 4.79 Å². The van der Waals surface area contributed by atoms with E-state index in [4.69, 9.17) is 0 Å². The van der Waals surface area contributed by atoms with Gasteiger partial charge in [-0.15, -0.1) is 0 Å². The number of hydrogen-bond acceptors (Lipinski definition) is 2. The summed E-state index contributed by atoms with van der Waals surface area (Å²) >= 11 is 0. The molecule has 3 nitrogen and oxygen atoms in total. The van der Waals surface area contributed by atoms with E-state index in [2.05, 4.69) is 5.32 Å². The minimum atomic E-state index is 0.182. The summed E-state index contributed by atoms with van der Waals surface area (Å²) in [7, 11) is 1.93. The number of fused-ring (bicyclic) bond motifs is 1. The average molecular weight is 204 g/mol. The lowest BCUT2D eigenvalue weighted by Gasteiger charge is -2.14. The number of hydrogen-bond donors (Lipinski definition) is 1. The molecule has 1 aromatic carbocycles. The molecule has 1 aliphatic heterocycles. The molecule has 0 radical (unpaired) electrons. The second-order valence-corrected chi connectivity index (χ2v) is 3.84. The molecule has 15 heavy (non-hydrogen) atoms. The van der Waals surface area contributed by atoms with Gasteiger partial charge in [0.25, 0.3) is 5.91 Å². The Labute approximate surface area is 90.1 Å². The first-order chi connectivity index (χ1) is 7.33. The zero-order valence-corrected chi connectivity index (χ0v) is 8.99. The molecule has 1 heterocycles. The SMILES string of the molecule is CNCCCN1Cc2ccccc2C1=O. The highest BCUT2D eigenvalue weighted by molar-refractivity contribution is 5.98. The second kappa shape index (κ2) is 4.45. The van der Waals surface area contributed by atoms with Crippen molar-refractivity contribution >= 4 is 5.91 Å². The predicted octanol–water partition coefficient (Wildman–Crippen LogP) is 1.25. The summed E-state index contributed by atoms with van der Waals surface area (Å²) in [6, 6.07) is 7.86. The Kier molecular flexibility index (Phi) is 3.02. The Morgan fingerprint density at radius 3 is 2.93 bits per heavy atom. The molecule has 0 unspecified atom stereocenters. The van der Waals surface area contributed by atoms with Crippen molar-refractivity contribution in [1.29, 1.82) is 0 Å². The van der Waals surface area contributed by atoms with Crippen LogP contribution in [0.3, 0.4) is 0 Å². The monoisotopic (exact) mass is 204 g/mol. The topological polar surface area (TPSA) is 32.3 Å². The van der Waals surface area contributed by atoms with Gasteiger partial charge in [0.1, 0.15) is 0 Å². The first-order valence-corrected chi connectivity index (χ1v) is 5.34. The molecule has 0 spiro atoms. The predicted molar refractivity (Wildman–Crippen MR) is 59.7 cm³/mol. The standard InChI is InChI=1S/C12H16N2O/c1-13-7-4-8-14-9-10-5-2-3-6-11(10)12(14)15/h2-3,5-6,13H,4,7-9H2,1H3. The Morgan fingerprint density at radius 1 is 1.40 bits per heavy atom. The molecule has 0 bridgehead atoms. The van der Waals surface area contributed by atoms with Gasteiger partial charge in [-0.2, -0.15) is 0 Å². The molecule has 1 aromatic rings. The van der Waals surface area contributed by atoms with Crippen LogP contribution in [-0.4, -0.2) is 30.9 Å². The van der Waals surface area contributed by atoms with Crippen molar-refractivity contribution in [1.82, 2.24) is 10.2 Å². The first-order valence-electron chi connectivity index (χ1n) is 5.34. The van der Waals surface area contributed by atoms with Crippen molar-refractivity contribution in [2.24, 2.45) is 0 Å². The molecule has 1 aliphatic rings. The first kappa shape index (κ1) is 10.2. The molecular weight excluding hydrogens is 188 g/mol. The highest BCUT2D eigenvalue weighted by Crippen LogP contribution is 2.21. The van der Waals surface area contributed by atoms with Crippen LogP contribution in [0, 0.1) is 0 Å². The molecule has 3 heteroatoms. The second-order valence-electron chi connectivity index (χ2n) is 3.84. The molecular formula is C12H16N2O. The van der Waals surface area contributed by atoms with E-state index in [1.807, 2.05) is 36.2 Å². The normalized spacial score (nSPS) is 14.5. The maximum atomic E-state index is 11.9. The average Bonchev–Trinajstić information content (AvgIpc) is 2.57. The van der Waals surface area contributed by atoms with Gasteiger partial charge in [-0.25, -0.2) is 0 Å². The summed E-state index contributed by atoms with van der Waals surface area (Å²) in [5.74, 6) is 0.182. The Hall–Kier alpha value is -1.35. The van der Waals surface area contributed by atoms with Crippen LogP contribution in [0.5, 0.6) is 0 Å². The minimum absolute atomic E-state index is 0.182. The van der Waals surface area contributed by atoms with Gasteiger partial charge in [-0.05, 0) is 31.6 Å². The molecule has 1 amide bonds. The van der Waals surface area contributed by atoms with Crippen molar-refractivity contribution in [3.63, 3.8) is 0 Å². The lowest BCUT2D eigenvalue weighted by Crippen LogP contribution is -2.27. The van der Waals surface area contributed by atoms with E-state index in [1.165, 1.54) is 0 Å². The number of nitrogens with zero attached hydrogens (tertiary/aromatic N) is 1. The minimum Gasteiger partial charge on any atom is -0.334 e. The van der Waals surface area contributed by atoms with Crippen LogP contribution in [0.2, 0.25) is 0 Å². The summed E-state index contributed by atoms with van der Waals surface area (Å²) in [5.41, 5.74) is 2.04. The van der Waals surface area contributed by atoms with E-state index >= 15 is 0 Å².